The van der Waals surface area contributed by atoms with Gasteiger partial charge in [-0.15, -0.1) is 12.4 Å². The van der Waals surface area contributed by atoms with Crippen LogP contribution in [0.1, 0.15) is 28.8 Å². The lowest BCUT2D eigenvalue weighted by Crippen LogP contribution is -2.45. The standard InChI is InChI=1S/C13H17FN2O.ClH/c1-9-7-10(4-5-12(9)14)13(17)16-6-2-3-11(15)8-16;/h4-5,7,11H,2-3,6,8,15H2,1H3;1H. The summed E-state index contributed by atoms with van der Waals surface area (Å²) in [6.07, 6.45) is 1.90. The highest BCUT2D eigenvalue weighted by Gasteiger charge is 2.22. The number of hydrogen-bond acceptors (Lipinski definition) is 2. The van der Waals surface area contributed by atoms with Gasteiger partial charge in [0.05, 0.1) is 0 Å². The predicted octanol–water partition coefficient (Wildman–Crippen LogP) is 2.12. The maximum absolute atomic E-state index is 13.1. The van der Waals surface area contributed by atoms with Crippen LogP contribution in [-0.2, 0) is 0 Å². The van der Waals surface area contributed by atoms with Gasteiger partial charge in [0.1, 0.15) is 5.82 Å². The SMILES string of the molecule is Cc1cc(C(=O)N2CCCC(N)C2)ccc1F.Cl. The second-order valence-electron chi connectivity index (χ2n) is 4.62. The monoisotopic (exact) mass is 272 g/mol. The molecule has 0 saturated carbocycles. The molecule has 1 aromatic carbocycles. The molecule has 3 nitrogen and oxygen atoms in total. The van der Waals surface area contributed by atoms with Crippen LogP contribution in [-0.4, -0.2) is 29.9 Å². The van der Waals surface area contributed by atoms with E-state index in [0.717, 1.165) is 19.4 Å². The lowest BCUT2D eigenvalue weighted by Gasteiger charge is -2.30. The molecule has 1 heterocycles. The molecule has 5 heteroatoms. The van der Waals surface area contributed by atoms with E-state index in [0.29, 0.717) is 17.7 Å². The van der Waals surface area contributed by atoms with Crippen LogP contribution in [0.5, 0.6) is 0 Å². The van der Waals surface area contributed by atoms with Gasteiger partial charge in [-0.2, -0.15) is 0 Å². The van der Waals surface area contributed by atoms with E-state index in [4.69, 9.17) is 5.73 Å². The largest absolute Gasteiger partial charge is 0.337 e. The Bertz CT molecular complexity index is 439. The van der Waals surface area contributed by atoms with E-state index in [1.165, 1.54) is 12.1 Å². The number of benzene rings is 1. The van der Waals surface area contributed by atoms with Gasteiger partial charge in [-0.1, -0.05) is 0 Å². The van der Waals surface area contributed by atoms with Gasteiger partial charge in [0.25, 0.3) is 5.91 Å². The number of nitrogens with zero attached hydrogens (tertiary/aromatic N) is 1. The highest BCUT2D eigenvalue weighted by Crippen LogP contribution is 2.15. The molecule has 1 aliphatic rings. The Labute approximate surface area is 113 Å². The number of carbonyl (C=O) groups excluding carboxylic acids is 1. The van der Waals surface area contributed by atoms with Crippen LogP contribution in [0.3, 0.4) is 0 Å². The van der Waals surface area contributed by atoms with Crippen LogP contribution in [0, 0.1) is 12.7 Å². The van der Waals surface area contributed by atoms with E-state index < -0.39 is 0 Å². The maximum atomic E-state index is 13.1. The number of nitrogens with two attached hydrogens (primary N) is 1. The Morgan fingerprint density at radius 1 is 1.50 bits per heavy atom. The van der Waals surface area contributed by atoms with Crippen LogP contribution < -0.4 is 5.73 Å². The first kappa shape index (κ1) is 14.9. The molecule has 0 aliphatic carbocycles. The maximum Gasteiger partial charge on any atom is 0.253 e. The zero-order valence-corrected chi connectivity index (χ0v) is 11.2. The molecule has 2 N–H and O–H groups in total. The summed E-state index contributed by atoms with van der Waals surface area (Å²) < 4.78 is 13.1. The van der Waals surface area contributed by atoms with E-state index in [1.54, 1.807) is 17.9 Å². The van der Waals surface area contributed by atoms with Gasteiger partial charge >= 0.3 is 0 Å². The summed E-state index contributed by atoms with van der Waals surface area (Å²) in [5, 5.41) is 0. The van der Waals surface area contributed by atoms with Gasteiger partial charge in [0.15, 0.2) is 0 Å². The first-order chi connectivity index (χ1) is 8.08. The van der Waals surface area contributed by atoms with E-state index >= 15 is 0 Å². The first-order valence-electron chi connectivity index (χ1n) is 5.89. The van der Waals surface area contributed by atoms with E-state index in [-0.39, 0.29) is 30.2 Å². The fourth-order valence-corrected chi connectivity index (χ4v) is 2.15. The van der Waals surface area contributed by atoms with Crippen molar-refractivity contribution in [3.05, 3.63) is 35.1 Å². The molecular weight excluding hydrogens is 255 g/mol. The van der Waals surface area contributed by atoms with Gasteiger partial charge in [-0.3, -0.25) is 4.79 Å². The molecule has 1 atom stereocenters. The molecule has 2 rings (SSSR count). The average molecular weight is 273 g/mol. The summed E-state index contributed by atoms with van der Waals surface area (Å²) in [6.45, 7) is 2.99. The Morgan fingerprint density at radius 2 is 2.22 bits per heavy atom. The zero-order chi connectivity index (χ0) is 12.4. The summed E-state index contributed by atoms with van der Waals surface area (Å²) in [5.74, 6) is -0.333. The Morgan fingerprint density at radius 3 is 2.83 bits per heavy atom. The summed E-state index contributed by atoms with van der Waals surface area (Å²) in [6, 6.07) is 4.53. The normalized spacial score (nSPS) is 19.3. The topological polar surface area (TPSA) is 46.3 Å². The molecule has 100 valence electrons. The smallest absolute Gasteiger partial charge is 0.253 e. The number of aryl methyl sites for hydroxylation is 1. The molecule has 0 radical (unpaired) electrons. The third kappa shape index (κ3) is 3.21. The molecular formula is C13H18ClFN2O. The molecule has 1 aromatic rings. The van der Waals surface area contributed by atoms with Crippen molar-refractivity contribution in [3.8, 4) is 0 Å². The number of piperidine rings is 1. The summed E-state index contributed by atoms with van der Waals surface area (Å²) in [4.78, 5) is 13.9. The number of rotatable bonds is 1. The average Bonchev–Trinajstić information content (AvgIpc) is 2.32. The quantitative estimate of drug-likeness (QED) is 0.851. The van der Waals surface area contributed by atoms with Gasteiger partial charge in [0, 0.05) is 24.7 Å². The molecule has 1 aliphatic heterocycles. The highest BCUT2D eigenvalue weighted by molar-refractivity contribution is 5.94. The third-order valence-electron chi connectivity index (χ3n) is 3.15. The molecule has 1 fully saturated rings. The van der Waals surface area contributed by atoms with Gasteiger partial charge < -0.3 is 10.6 Å². The van der Waals surface area contributed by atoms with Crippen molar-refractivity contribution in [2.75, 3.05) is 13.1 Å². The van der Waals surface area contributed by atoms with Crippen molar-refractivity contribution in [3.63, 3.8) is 0 Å². The zero-order valence-electron chi connectivity index (χ0n) is 10.4. The van der Waals surface area contributed by atoms with Crippen molar-refractivity contribution in [2.45, 2.75) is 25.8 Å². The number of amides is 1. The van der Waals surface area contributed by atoms with Crippen molar-refractivity contribution >= 4 is 18.3 Å². The Balaban J connectivity index is 0.00000162. The van der Waals surface area contributed by atoms with Crippen LogP contribution >= 0.6 is 12.4 Å². The Hall–Kier alpha value is -1.13. The molecule has 1 saturated heterocycles. The number of halogens is 2. The second kappa shape index (κ2) is 6.16. The predicted molar refractivity (Wildman–Crippen MR) is 71.5 cm³/mol. The fourth-order valence-electron chi connectivity index (χ4n) is 2.15. The lowest BCUT2D eigenvalue weighted by atomic mass is 10.0. The van der Waals surface area contributed by atoms with E-state index in [9.17, 15) is 9.18 Å². The number of carbonyl (C=O) groups is 1. The van der Waals surface area contributed by atoms with Crippen molar-refractivity contribution in [1.29, 1.82) is 0 Å². The van der Waals surface area contributed by atoms with E-state index in [2.05, 4.69) is 0 Å². The Kier molecular flexibility index (Phi) is 5.11. The molecule has 18 heavy (non-hydrogen) atoms. The fraction of sp³-hybridized carbons (Fsp3) is 0.462. The molecule has 1 amide bonds. The van der Waals surface area contributed by atoms with Crippen molar-refractivity contribution in [1.82, 2.24) is 4.90 Å². The minimum Gasteiger partial charge on any atom is -0.337 e. The minimum absolute atomic E-state index is 0. The highest BCUT2D eigenvalue weighted by atomic mass is 35.5. The van der Waals surface area contributed by atoms with Crippen LogP contribution in [0.25, 0.3) is 0 Å². The lowest BCUT2D eigenvalue weighted by molar-refractivity contribution is 0.0708. The van der Waals surface area contributed by atoms with Gasteiger partial charge in [-0.25, -0.2) is 4.39 Å². The molecule has 1 unspecified atom stereocenters. The second-order valence-corrected chi connectivity index (χ2v) is 4.62. The molecule has 0 aromatic heterocycles. The van der Waals surface area contributed by atoms with Crippen molar-refractivity contribution < 1.29 is 9.18 Å². The first-order valence-corrected chi connectivity index (χ1v) is 5.89. The van der Waals surface area contributed by atoms with Crippen molar-refractivity contribution in [2.24, 2.45) is 5.73 Å². The van der Waals surface area contributed by atoms with Crippen LogP contribution in [0.4, 0.5) is 4.39 Å². The van der Waals surface area contributed by atoms with Gasteiger partial charge in [0.2, 0.25) is 0 Å². The van der Waals surface area contributed by atoms with Crippen LogP contribution in [0.15, 0.2) is 18.2 Å². The van der Waals surface area contributed by atoms with Crippen LogP contribution in [0.2, 0.25) is 0 Å². The summed E-state index contributed by atoms with van der Waals surface area (Å²) in [5.41, 5.74) is 6.88. The summed E-state index contributed by atoms with van der Waals surface area (Å²) in [7, 11) is 0. The number of hydrogen-bond donors (Lipinski definition) is 1. The molecule has 0 bridgehead atoms. The van der Waals surface area contributed by atoms with Gasteiger partial charge in [-0.05, 0) is 43.5 Å². The minimum atomic E-state index is -0.281. The number of likely N-dealkylation sites (tertiary alicyclic amines) is 1. The molecule has 0 spiro atoms. The van der Waals surface area contributed by atoms with E-state index in [1.807, 2.05) is 0 Å². The third-order valence-corrected chi connectivity index (χ3v) is 3.15. The summed E-state index contributed by atoms with van der Waals surface area (Å²) >= 11 is 0.